The van der Waals surface area contributed by atoms with Crippen LogP contribution in [0, 0.1) is 5.82 Å². The highest BCUT2D eigenvalue weighted by molar-refractivity contribution is 14.0. The topological polar surface area (TPSA) is 76.4 Å². The summed E-state index contributed by atoms with van der Waals surface area (Å²) in [6.45, 7) is 3.70. The summed E-state index contributed by atoms with van der Waals surface area (Å²) in [5, 5.41) is 10.6. The van der Waals surface area contributed by atoms with Gasteiger partial charge in [0.2, 0.25) is 5.88 Å². The zero-order chi connectivity index (χ0) is 19.8. The van der Waals surface area contributed by atoms with Crippen LogP contribution >= 0.6 is 24.0 Å². The number of pyridine rings is 1. The van der Waals surface area contributed by atoms with Gasteiger partial charge in [0.25, 0.3) is 0 Å². The molecule has 1 aromatic carbocycles. The lowest BCUT2D eigenvalue weighted by Crippen LogP contribution is -2.37. The lowest BCUT2D eigenvalue weighted by atomic mass is 10.2. The van der Waals surface area contributed by atoms with Crippen molar-refractivity contribution in [1.82, 2.24) is 25.4 Å². The number of aryl methyl sites for hydroxylation is 1. The average Bonchev–Trinajstić information content (AvgIpc) is 3.10. The van der Waals surface area contributed by atoms with Crippen molar-refractivity contribution in [2.24, 2.45) is 12.0 Å². The van der Waals surface area contributed by atoms with Gasteiger partial charge in [-0.2, -0.15) is 5.10 Å². The SMILES string of the molecule is CCNC(=NCc1cccnc1Oc1cccc(F)c1)NCc1ccnn1C.I. The molecule has 0 saturated heterocycles. The van der Waals surface area contributed by atoms with Gasteiger partial charge in [0.1, 0.15) is 11.6 Å². The summed E-state index contributed by atoms with van der Waals surface area (Å²) in [5.41, 5.74) is 1.84. The molecule has 0 aliphatic rings. The smallest absolute Gasteiger partial charge is 0.224 e. The van der Waals surface area contributed by atoms with Gasteiger partial charge in [-0.15, -0.1) is 24.0 Å². The van der Waals surface area contributed by atoms with E-state index in [-0.39, 0.29) is 29.8 Å². The van der Waals surface area contributed by atoms with Crippen molar-refractivity contribution in [1.29, 1.82) is 0 Å². The van der Waals surface area contributed by atoms with E-state index in [0.29, 0.717) is 30.7 Å². The Bertz CT molecular complexity index is 946. The number of aromatic nitrogens is 3. The van der Waals surface area contributed by atoms with Gasteiger partial charge in [-0.1, -0.05) is 12.1 Å². The highest BCUT2D eigenvalue weighted by atomic mass is 127. The summed E-state index contributed by atoms with van der Waals surface area (Å²) in [7, 11) is 1.90. The van der Waals surface area contributed by atoms with Crippen LogP contribution in [0.4, 0.5) is 4.39 Å². The number of benzene rings is 1. The fraction of sp³-hybridized carbons (Fsp3) is 0.250. The first-order valence-electron chi connectivity index (χ1n) is 9.02. The minimum Gasteiger partial charge on any atom is -0.439 e. The molecule has 3 rings (SSSR count). The van der Waals surface area contributed by atoms with Gasteiger partial charge in [-0.05, 0) is 31.2 Å². The predicted octanol–water partition coefficient (Wildman–Crippen LogP) is 3.62. The molecule has 29 heavy (non-hydrogen) atoms. The van der Waals surface area contributed by atoms with Crippen LogP contribution in [0.3, 0.4) is 0 Å². The van der Waals surface area contributed by atoms with Crippen molar-refractivity contribution in [2.45, 2.75) is 20.0 Å². The summed E-state index contributed by atoms with van der Waals surface area (Å²) in [5.74, 6) is 1.11. The van der Waals surface area contributed by atoms with Crippen LogP contribution in [0.25, 0.3) is 0 Å². The minimum absolute atomic E-state index is 0. The molecule has 0 bridgehead atoms. The van der Waals surface area contributed by atoms with E-state index in [1.165, 1.54) is 12.1 Å². The largest absolute Gasteiger partial charge is 0.439 e. The molecule has 154 valence electrons. The minimum atomic E-state index is -0.359. The Kier molecular flexibility index (Phi) is 8.84. The molecule has 0 aliphatic heterocycles. The monoisotopic (exact) mass is 510 g/mol. The van der Waals surface area contributed by atoms with Gasteiger partial charge in [0.05, 0.1) is 18.8 Å². The molecular weight excluding hydrogens is 486 g/mol. The fourth-order valence-corrected chi connectivity index (χ4v) is 2.53. The van der Waals surface area contributed by atoms with Gasteiger partial charge < -0.3 is 15.4 Å². The standard InChI is InChI=1S/C20H23FN6O.HI/c1-3-22-20(25-14-17-9-11-26-27(17)2)24-13-15-6-5-10-23-19(15)28-18-8-4-7-16(21)12-18;/h4-12H,3,13-14H2,1-2H3,(H2,22,24,25);1H. The number of ether oxygens (including phenoxy) is 1. The molecule has 7 nitrogen and oxygen atoms in total. The van der Waals surface area contributed by atoms with Gasteiger partial charge in [0, 0.05) is 37.6 Å². The molecule has 0 unspecified atom stereocenters. The second kappa shape index (κ2) is 11.3. The maximum Gasteiger partial charge on any atom is 0.224 e. The third-order valence-corrected chi connectivity index (χ3v) is 3.97. The Morgan fingerprint density at radius 2 is 2.03 bits per heavy atom. The van der Waals surface area contributed by atoms with Gasteiger partial charge >= 0.3 is 0 Å². The fourth-order valence-electron chi connectivity index (χ4n) is 2.53. The number of rotatable bonds is 7. The van der Waals surface area contributed by atoms with Crippen molar-refractivity contribution in [3.8, 4) is 11.6 Å². The Morgan fingerprint density at radius 1 is 1.17 bits per heavy atom. The van der Waals surface area contributed by atoms with Crippen LogP contribution in [0.2, 0.25) is 0 Å². The number of guanidine groups is 1. The number of halogens is 2. The predicted molar refractivity (Wildman–Crippen MR) is 121 cm³/mol. The number of nitrogens with zero attached hydrogens (tertiary/aromatic N) is 4. The lowest BCUT2D eigenvalue weighted by molar-refractivity contribution is 0.452. The molecule has 0 radical (unpaired) electrons. The van der Waals surface area contributed by atoms with Crippen LogP contribution in [0.5, 0.6) is 11.6 Å². The molecular formula is C20H24FIN6O. The van der Waals surface area contributed by atoms with Gasteiger partial charge in [-0.25, -0.2) is 14.4 Å². The zero-order valence-electron chi connectivity index (χ0n) is 16.3. The number of aliphatic imine (C=N–C) groups is 1. The molecule has 0 atom stereocenters. The van der Waals surface area contributed by atoms with Crippen molar-refractivity contribution >= 4 is 29.9 Å². The maximum absolute atomic E-state index is 13.4. The summed E-state index contributed by atoms with van der Waals surface area (Å²) >= 11 is 0. The molecule has 2 N–H and O–H groups in total. The summed E-state index contributed by atoms with van der Waals surface area (Å²) < 4.78 is 20.9. The van der Waals surface area contributed by atoms with E-state index in [1.807, 2.05) is 36.9 Å². The molecule has 0 fully saturated rings. The van der Waals surface area contributed by atoms with E-state index in [1.54, 1.807) is 24.5 Å². The van der Waals surface area contributed by atoms with Crippen molar-refractivity contribution in [3.05, 3.63) is 71.9 Å². The molecule has 3 aromatic rings. The Balaban J connectivity index is 0.00000300. The molecule has 0 saturated carbocycles. The third-order valence-electron chi connectivity index (χ3n) is 3.97. The number of nitrogens with one attached hydrogen (secondary N) is 2. The first-order valence-corrected chi connectivity index (χ1v) is 9.02. The lowest BCUT2D eigenvalue weighted by Gasteiger charge is -2.12. The number of hydrogen-bond acceptors (Lipinski definition) is 4. The molecule has 2 heterocycles. The van der Waals surface area contributed by atoms with Crippen molar-refractivity contribution in [2.75, 3.05) is 6.54 Å². The molecule has 0 aliphatic carbocycles. The van der Waals surface area contributed by atoms with Crippen LogP contribution in [0.1, 0.15) is 18.2 Å². The molecule has 2 aromatic heterocycles. The zero-order valence-corrected chi connectivity index (χ0v) is 18.6. The van der Waals surface area contributed by atoms with Crippen molar-refractivity contribution in [3.63, 3.8) is 0 Å². The van der Waals surface area contributed by atoms with Crippen LogP contribution < -0.4 is 15.4 Å². The third kappa shape index (κ3) is 6.70. The van der Waals surface area contributed by atoms with Crippen molar-refractivity contribution < 1.29 is 9.13 Å². The van der Waals surface area contributed by atoms with E-state index in [4.69, 9.17) is 4.74 Å². The molecule has 0 amide bonds. The highest BCUT2D eigenvalue weighted by Crippen LogP contribution is 2.23. The summed E-state index contributed by atoms with van der Waals surface area (Å²) in [6, 6.07) is 11.6. The molecule has 9 heteroatoms. The second-order valence-corrected chi connectivity index (χ2v) is 6.02. The average molecular weight is 510 g/mol. The second-order valence-electron chi connectivity index (χ2n) is 6.02. The maximum atomic E-state index is 13.4. The number of hydrogen-bond donors (Lipinski definition) is 2. The van der Waals surface area contributed by atoms with Gasteiger partial charge in [0.15, 0.2) is 5.96 Å². The Hall–Kier alpha value is -2.69. The van der Waals surface area contributed by atoms with Gasteiger partial charge in [-0.3, -0.25) is 4.68 Å². The quantitative estimate of drug-likeness (QED) is 0.289. The highest BCUT2D eigenvalue weighted by Gasteiger charge is 2.08. The van der Waals surface area contributed by atoms with Crippen LogP contribution in [0.15, 0.2) is 59.9 Å². The summed E-state index contributed by atoms with van der Waals surface area (Å²) in [6.07, 6.45) is 3.39. The van der Waals surface area contributed by atoms with Crippen LogP contribution in [-0.2, 0) is 20.1 Å². The Labute approximate surface area is 186 Å². The summed E-state index contributed by atoms with van der Waals surface area (Å²) in [4.78, 5) is 8.86. The van der Waals surface area contributed by atoms with E-state index < -0.39 is 0 Å². The first kappa shape index (κ1) is 22.6. The Morgan fingerprint density at radius 3 is 2.76 bits per heavy atom. The van der Waals surface area contributed by atoms with E-state index in [2.05, 4.69) is 25.7 Å². The van der Waals surface area contributed by atoms with E-state index >= 15 is 0 Å². The van der Waals surface area contributed by atoms with E-state index in [9.17, 15) is 4.39 Å². The first-order chi connectivity index (χ1) is 13.7. The van der Waals surface area contributed by atoms with E-state index in [0.717, 1.165) is 17.8 Å². The normalized spacial score (nSPS) is 10.9. The molecule has 0 spiro atoms. The van der Waals surface area contributed by atoms with Crippen LogP contribution in [-0.4, -0.2) is 27.3 Å².